The van der Waals surface area contributed by atoms with Crippen molar-refractivity contribution in [3.63, 3.8) is 0 Å². The van der Waals surface area contributed by atoms with Gasteiger partial charge in [-0.1, -0.05) is 23.4 Å². The molecule has 2 aromatic rings. The van der Waals surface area contributed by atoms with Gasteiger partial charge in [-0.05, 0) is 31.4 Å². The smallest absolute Gasteiger partial charge is 0.240 e. The monoisotopic (exact) mass is 315 g/mol. The van der Waals surface area contributed by atoms with Gasteiger partial charge in [0.1, 0.15) is 0 Å². The molecule has 0 spiro atoms. The Labute approximate surface area is 133 Å². The van der Waals surface area contributed by atoms with E-state index in [0.717, 1.165) is 24.5 Å². The molecule has 1 amide bonds. The molecule has 5 nitrogen and oxygen atoms in total. The van der Waals surface area contributed by atoms with Gasteiger partial charge in [-0.25, -0.2) is 0 Å². The first-order chi connectivity index (χ1) is 10.8. The number of anilines is 1. The Morgan fingerprint density at radius 3 is 2.82 bits per heavy atom. The summed E-state index contributed by atoms with van der Waals surface area (Å²) in [5.74, 6) is 2.76. The minimum atomic E-state index is -0.0171. The Balaban J connectivity index is 1.36. The number of benzene rings is 1. The Morgan fingerprint density at radius 2 is 2.05 bits per heavy atom. The van der Waals surface area contributed by atoms with Crippen LogP contribution >= 0.6 is 11.8 Å². The molecule has 0 unspecified atom stereocenters. The molecule has 114 valence electrons. The number of nitrogens with zero attached hydrogens (tertiary/aromatic N) is 3. The van der Waals surface area contributed by atoms with Gasteiger partial charge in [-0.3, -0.25) is 4.79 Å². The normalized spacial score (nSPS) is 21.5. The molecule has 1 atom stereocenters. The second kappa shape index (κ2) is 5.76. The minimum absolute atomic E-state index is 0.0171. The molecule has 0 N–H and O–H groups in total. The van der Waals surface area contributed by atoms with Crippen molar-refractivity contribution >= 4 is 23.4 Å². The summed E-state index contributed by atoms with van der Waals surface area (Å²) in [6, 6.07) is 9.83. The fourth-order valence-corrected chi connectivity index (χ4v) is 3.68. The fraction of sp³-hybridized carbons (Fsp3) is 0.438. The first-order valence-corrected chi connectivity index (χ1v) is 8.66. The lowest BCUT2D eigenvalue weighted by molar-refractivity contribution is -0.116. The summed E-state index contributed by atoms with van der Waals surface area (Å²) < 4.78 is 5.27. The van der Waals surface area contributed by atoms with Gasteiger partial charge >= 0.3 is 0 Å². The summed E-state index contributed by atoms with van der Waals surface area (Å²) in [6.45, 7) is 0.775. The lowest BCUT2D eigenvalue weighted by Gasteiger charge is -2.16. The number of aromatic nitrogens is 2. The maximum absolute atomic E-state index is 12.5. The molecule has 2 heterocycles. The van der Waals surface area contributed by atoms with Crippen LogP contribution in [0.2, 0.25) is 0 Å². The summed E-state index contributed by atoms with van der Waals surface area (Å²) >= 11 is 1.60. The Hall–Kier alpha value is -1.82. The number of rotatable bonds is 5. The van der Waals surface area contributed by atoms with Gasteiger partial charge in [-0.15, -0.1) is 11.8 Å². The zero-order valence-corrected chi connectivity index (χ0v) is 13.0. The van der Waals surface area contributed by atoms with Crippen LogP contribution in [0, 0.1) is 0 Å². The van der Waals surface area contributed by atoms with Crippen molar-refractivity contribution in [1.82, 2.24) is 10.1 Å². The average Bonchev–Trinajstić information content (AvgIpc) is 3.18. The van der Waals surface area contributed by atoms with Crippen LogP contribution in [0.4, 0.5) is 5.69 Å². The highest BCUT2D eigenvalue weighted by molar-refractivity contribution is 7.99. The molecular formula is C16H17N3O2S. The van der Waals surface area contributed by atoms with Crippen LogP contribution in [0.15, 0.2) is 34.9 Å². The highest BCUT2D eigenvalue weighted by Crippen LogP contribution is 2.38. The molecule has 1 saturated heterocycles. The highest BCUT2D eigenvalue weighted by Gasteiger charge is 2.33. The maximum atomic E-state index is 12.5. The standard InChI is InChI=1S/C16H17N3O2S/c20-16-13(8-9-19(16)12-4-2-1-3-5-12)22-10-14-17-15(18-21-14)11-6-7-11/h1-5,11,13H,6-10H2/t13-/m1/s1. The topological polar surface area (TPSA) is 59.2 Å². The van der Waals surface area contributed by atoms with Crippen LogP contribution in [0.25, 0.3) is 0 Å². The van der Waals surface area contributed by atoms with Crippen LogP contribution in [0.5, 0.6) is 0 Å². The number of hydrogen-bond acceptors (Lipinski definition) is 5. The number of carbonyl (C=O) groups excluding carboxylic acids is 1. The third-order valence-electron chi connectivity index (χ3n) is 4.06. The summed E-state index contributed by atoms with van der Waals surface area (Å²) in [5, 5.41) is 3.99. The second-order valence-electron chi connectivity index (χ2n) is 5.73. The molecule has 6 heteroatoms. The van der Waals surface area contributed by atoms with Gasteiger partial charge in [0.05, 0.1) is 11.0 Å². The largest absolute Gasteiger partial charge is 0.338 e. The predicted octanol–water partition coefficient (Wildman–Crippen LogP) is 2.99. The molecule has 2 aliphatic rings. The van der Waals surface area contributed by atoms with Gasteiger partial charge in [-0.2, -0.15) is 4.98 Å². The fourth-order valence-electron chi connectivity index (χ4n) is 2.68. The Kier molecular flexibility index (Phi) is 3.62. The Morgan fingerprint density at radius 1 is 1.23 bits per heavy atom. The molecule has 4 rings (SSSR count). The molecule has 22 heavy (non-hydrogen) atoms. The number of amides is 1. The van der Waals surface area contributed by atoms with E-state index in [2.05, 4.69) is 10.1 Å². The molecule has 1 aromatic heterocycles. The summed E-state index contributed by atoms with van der Waals surface area (Å²) in [7, 11) is 0. The van der Waals surface area contributed by atoms with E-state index in [1.54, 1.807) is 11.8 Å². The zero-order valence-electron chi connectivity index (χ0n) is 12.1. The first-order valence-electron chi connectivity index (χ1n) is 7.62. The predicted molar refractivity (Wildman–Crippen MR) is 84.8 cm³/mol. The van der Waals surface area contributed by atoms with E-state index in [9.17, 15) is 4.79 Å². The molecule has 1 aliphatic heterocycles. The van der Waals surface area contributed by atoms with Crippen molar-refractivity contribution in [3.05, 3.63) is 42.0 Å². The zero-order chi connectivity index (χ0) is 14.9. The Bertz CT molecular complexity index is 669. The SMILES string of the molecule is O=C1[C@H](SCc2nc(C3CC3)no2)CCN1c1ccccc1. The third-order valence-corrected chi connectivity index (χ3v) is 5.31. The van der Waals surface area contributed by atoms with E-state index in [4.69, 9.17) is 4.52 Å². The summed E-state index contributed by atoms with van der Waals surface area (Å²) in [4.78, 5) is 18.8. The second-order valence-corrected chi connectivity index (χ2v) is 6.93. The first kappa shape index (κ1) is 13.8. The van der Waals surface area contributed by atoms with Gasteiger partial charge < -0.3 is 9.42 Å². The number of thioether (sulfide) groups is 1. The quantitative estimate of drug-likeness (QED) is 0.849. The van der Waals surface area contributed by atoms with Gasteiger partial charge in [0.2, 0.25) is 11.8 Å². The van der Waals surface area contributed by atoms with Crippen LogP contribution in [0.3, 0.4) is 0 Å². The van der Waals surface area contributed by atoms with Crippen molar-refractivity contribution in [1.29, 1.82) is 0 Å². The van der Waals surface area contributed by atoms with Crippen LogP contribution in [-0.4, -0.2) is 27.8 Å². The maximum Gasteiger partial charge on any atom is 0.240 e. The van der Waals surface area contributed by atoms with E-state index in [0.29, 0.717) is 17.6 Å². The summed E-state index contributed by atoms with van der Waals surface area (Å²) in [6.07, 6.45) is 3.19. The van der Waals surface area contributed by atoms with Gasteiger partial charge in [0.15, 0.2) is 5.82 Å². The van der Waals surface area contributed by atoms with Crippen LogP contribution in [0.1, 0.15) is 36.9 Å². The number of para-hydroxylation sites is 1. The highest BCUT2D eigenvalue weighted by atomic mass is 32.2. The van der Waals surface area contributed by atoms with Crippen molar-refractivity contribution < 1.29 is 9.32 Å². The summed E-state index contributed by atoms with van der Waals surface area (Å²) in [5.41, 5.74) is 0.976. The molecule has 0 bridgehead atoms. The lowest BCUT2D eigenvalue weighted by Crippen LogP contribution is -2.27. The molecule has 1 aliphatic carbocycles. The van der Waals surface area contributed by atoms with E-state index < -0.39 is 0 Å². The van der Waals surface area contributed by atoms with E-state index in [-0.39, 0.29) is 11.2 Å². The van der Waals surface area contributed by atoms with Crippen molar-refractivity contribution in [2.45, 2.75) is 36.2 Å². The molecule has 2 fully saturated rings. The van der Waals surface area contributed by atoms with Crippen LogP contribution in [-0.2, 0) is 10.5 Å². The van der Waals surface area contributed by atoms with Crippen molar-refractivity contribution in [2.75, 3.05) is 11.4 Å². The van der Waals surface area contributed by atoms with Crippen LogP contribution < -0.4 is 4.90 Å². The van der Waals surface area contributed by atoms with Crippen molar-refractivity contribution in [3.8, 4) is 0 Å². The van der Waals surface area contributed by atoms with E-state index in [1.807, 2.05) is 35.2 Å². The minimum Gasteiger partial charge on any atom is -0.338 e. The molecular weight excluding hydrogens is 298 g/mol. The molecule has 0 radical (unpaired) electrons. The lowest BCUT2D eigenvalue weighted by atomic mass is 10.3. The van der Waals surface area contributed by atoms with E-state index in [1.165, 1.54) is 12.8 Å². The number of carbonyl (C=O) groups is 1. The molecule has 1 saturated carbocycles. The number of hydrogen-bond donors (Lipinski definition) is 0. The van der Waals surface area contributed by atoms with Gasteiger partial charge in [0.25, 0.3) is 0 Å². The average molecular weight is 315 g/mol. The van der Waals surface area contributed by atoms with Crippen molar-refractivity contribution in [2.24, 2.45) is 0 Å². The molecule has 1 aromatic carbocycles. The van der Waals surface area contributed by atoms with Gasteiger partial charge in [0, 0.05) is 18.2 Å². The van der Waals surface area contributed by atoms with E-state index >= 15 is 0 Å². The third kappa shape index (κ3) is 2.75.